The zero-order valence-electron chi connectivity index (χ0n) is 18.6. The number of ether oxygens (including phenoxy) is 2. The van der Waals surface area contributed by atoms with Crippen molar-refractivity contribution in [3.8, 4) is 11.5 Å². The number of aryl methyl sites for hydroxylation is 1. The smallest absolute Gasteiger partial charge is 0.339 e. The van der Waals surface area contributed by atoms with E-state index in [1.807, 2.05) is 31.2 Å². The maximum atomic E-state index is 13.5. The minimum absolute atomic E-state index is 0.0359. The molecule has 7 nitrogen and oxygen atoms in total. The van der Waals surface area contributed by atoms with Crippen LogP contribution in [0.2, 0.25) is 0 Å². The summed E-state index contributed by atoms with van der Waals surface area (Å²) in [5, 5.41) is 10.0. The largest absolute Gasteiger partial charge is 0.493 e. The van der Waals surface area contributed by atoms with Crippen molar-refractivity contribution in [1.82, 2.24) is 4.31 Å². The molecule has 172 valence electrons. The Hall–Kier alpha value is -3.36. The monoisotopic (exact) mass is 467 g/mol. The minimum atomic E-state index is -3.79. The zero-order valence-corrected chi connectivity index (χ0v) is 19.4. The second-order valence-corrected chi connectivity index (χ2v) is 9.87. The van der Waals surface area contributed by atoms with Gasteiger partial charge in [0.2, 0.25) is 10.0 Å². The molecule has 0 spiro atoms. The molecule has 0 amide bonds. The number of fused-ring (bicyclic) bond motifs is 1. The van der Waals surface area contributed by atoms with Gasteiger partial charge in [0.05, 0.1) is 19.1 Å². The van der Waals surface area contributed by atoms with Gasteiger partial charge in [0.25, 0.3) is 0 Å². The molecule has 0 aromatic heterocycles. The van der Waals surface area contributed by atoms with E-state index in [9.17, 15) is 18.3 Å². The van der Waals surface area contributed by atoms with E-state index >= 15 is 0 Å². The summed E-state index contributed by atoms with van der Waals surface area (Å²) < 4.78 is 39.1. The number of rotatable bonds is 6. The number of methoxy groups -OCH3 is 2. The fraction of sp³-hybridized carbons (Fsp3) is 0.240. The summed E-state index contributed by atoms with van der Waals surface area (Å²) in [7, 11) is -0.969. The lowest BCUT2D eigenvalue weighted by Crippen LogP contribution is -2.39. The van der Waals surface area contributed by atoms with Crippen LogP contribution in [-0.4, -0.2) is 44.6 Å². The molecule has 0 fully saturated rings. The highest BCUT2D eigenvalue weighted by atomic mass is 32.2. The molecule has 33 heavy (non-hydrogen) atoms. The van der Waals surface area contributed by atoms with Crippen molar-refractivity contribution in [3.63, 3.8) is 0 Å². The van der Waals surface area contributed by atoms with Gasteiger partial charge in [0.15, 0.2) is 11.5 Å². The summed E-state index contributed by atoms with van der Waals surface area (Å²) in [6, 6.07) is 17.6. The van der Waals surface area contributed by atoms with Crippen molar-refractivity contribution in [1.29, 1.82) is 0 Å². The van der Waals surface area contributed by atoms with Gasteiger partial charge in [-0.3, -0.25) is 0 Å². The molecule has 3 aromatic rings. The summed E-state index contributed by atoms with van der Waals surface area (Å²) in [5.41, 5.74) is 3.12. The first-order chi connectivity index (χ1) is 15.8. The van der Waals surface area contributed by atoms with E-state index in [1.165, 1.54) is 18.5 Å². The first-order valence-electron chi connectivity index (χ1n) is 10.4. The highest BCUT2D eigenvalue weighted by Gasteiger charge is 2.36. The normalized spacial score (nSPS) is 16.2. The molecule has 1 N–H and O–H groups in total. The molecule has 0 bridgehead atoms. The van der Waals surface area contributed by atoms with E-state index in [2.05, 4.69) is 0 Å². The summed E-state index contributed by atoms with van der Waals surface area (Å²) in [5.74, 6) is -1.26. The van der Waals surface area contributed by atoms with Crippen LogP contribution >= 0.6 is 0 Å². The molecule has 8 heteroatoms. The number of aromatic carboxylic acids is 1. The van der Waals surface area contributed by atoms with Crippen LogP contribution in [0, 0.1) is 6.92 Å². The topological polar surface area (TPSA) is 93.1 Å². The average molecular weight is 468 g/mol. The number of carboxylic acids is 1. The first-order valence-corrected chi connectivity index (χ1v) is 11.8. The summed E-state index contributed by atoms with van der Waals surface area (Å²) in [4.78, 5) is 12.5. The molecule has 0 saturated carbocycles. The average Bonchev–Trinajstić information content (AvgIpc) is 2.82. The Balaban J connectivity index is 1.87. The van der Waals surface area contributed by atoms with Crippen LogP contribution in [0.15, 0.2) is 65.6 Å². The van der Waals surface area contributed by atoms with Crippen molar-refractivity contribution >= 4 is 16.0 Å². The number of hydrogen-bond acceptors (Lipinski definition) is 5. The summed E-state index contributed by atoms with van der Waals surface area (Å²) in [6.07, 6.45) is 0. The van der Waals surface area contributed by atoms with Crippen molar-refractivity contribution < 1.29 is 27.8 Å². The quantitative estimate of drug-likeness (QED) is 0.588. The van der Waals surface area contributed by atoms with Crippen LogP contribution in [0.3, 0.4) is 0 Å². The van der Waals surface area contributed by atoms with Crippen molar-refractivity contribution in [2.75, 3.05) is 20.8 Å². The molecule has 0 radical (unpaired) electrons. The lowest BCUT2D eigenvalue weighted by atomic mass is 9.83. The molecular weight excluding hydrogens is 442 g/mol. The van der Waals surface area contributed by atoms with E-state index < -0.39 is 21.9 Å². The fourth-order valence-corrected chi connectivity index (χ4v) is 5.77. The van der Waals surface area contributed by atoms with E-state index in [4.69, 9.17) is 9.47 Å². The van der Waals surface area contributed by atoms with Crippen LogP contribution in [0.25, 0.3) is 0 Å². The second-order valence-electron chi connectivity index (χ2n) is 7.93. The number of carbonyl (C=O) groups is 1. The van der Waals surface area contributed by atoms with E-state index in [1.54, 1.807) is 36.4 Å². The maximum absolute atomic E-state index is 13.5. The van der Waals surface area contributed by atoms with Crippen LogP contribution < -0.4 is 9.47 Å². The Labute approximate surface area is 193 Å². The number of sulfonamides is 1. The summed E-state index contributed by atoms with van der Waals surface area (Å²) in [6.45, 7) is 2.20. The standard InChI is InChI=1S/C25H25NO6S/c1-16-8-10-18(11-9-16)33(29,30)26-14-17-6-4-5-7-19(17)21(15-26)20-12-13-22(31-2)24(32-3)23(20)25(27)28/h4-13,21H,14-15H2,1-3H3,(H,27,28). The lowest BCUT2D eigenvalue weighted by molar-refractivity contribution is 0.0690. The second kappa shape index (κ2) is 8.88. The van der Waals surface area contributed by atoms with Crippen LogP contribution in [0.1, 0.15) is 38.5 Å². The van der Waals surface area contributed by atoms with Gasteiger partial charge >= 0.3 is 5.97 Å². The molecule has 0 aliphatic carbocycles. The van der Waals surface area contributed by atoms with Gasteiger partial charge < -0.3 is 14.6 Å². The maximum Gasteiger partial charge on any atom is 0.339 e. The third-order valence-corrected chi connectivity index (χ3v) is 7.82. The number of hydrogen-bond donors (Lipinski definition) is 1. The van der Waals surface area contributed by atoms with Crippen LogP contribution in [0.5, 0.6) is 11.5 Å². The molecule has 4 rings (SSSR count). The van der Waals surface area contributed by atoms with E-state index in [0.717, 1.165) is 16.7 Å². The minimum Gasteiger partial charge on any atom is -0.493 e. The number of nitrogens with zero attached hydrogens (tertiary/aromatic N) is 1. The number of carboxylic acid groups (broad SMARTS) is 1. The Morgan fingerprint density at radius 1 is 0.970 bits per heavy atom. The van der Waals surface area contributed by atoms with E-state index in [0.29, 0.717) is 11.3 Å². The molecule has 3 aromatic carbocycles. The SMILES string of the molecule is COc1ccc(C2CN(S(=O)(=O)c3ccc(C)cc3)Cc3ccccc32)c(C(=O)O)c1OC. The van der Waals surface area contributed by atoms with Crippen molar-refractivity contribution in [3.05, 3.63) is 88.5 Å². The van der Waals surface area contributed by atoms with Gasteiger partial charge in [-0.05, 0) is 41.8 Å². The molecule has 0 saturated heterocycles. The highest BCUT2D eigenvalue weighted by Crippen LogP contribution is 2.42. The molecule has 1 aliphatic heterocycles. The third-order valence-electron chi connectivity index (χ3n) is 5.99. The Bertz CT molecular complexity index is 1300. The Morgan fingerprint density at radius 3 is 2.30 bits per heavy atom. The van der Waals surface area contributed by atoms with Gasteiger partial charge in [-0.15, -0.1) is 0 Å². The van der Waals surface area contributed by atoms with Gasteiger partial charge in [-0.2, -0.15) is 4.31 Å². The van der Waals surface area contributed by atoms with Crippen LogP contribution in [-0.2, 0) is 16.6 Å². The Kier molecular flexibility index (Phi) is 6.14. The summed E-state index contributed by atoms with van der Waals surface area (Å²) >= 11 is 0. The van der Waals surface area contributed by atoms with Crippen molar-refractivity contribution in [2.24, 2.45) is 0 Å². The predicted octanol–water partition coefficient (Wildman–Crippen LogP) is 4.05. The zero-order chi connectivity index (χ0) is 23.8. The molecular formula is C25H25NO6S. The van der Waals surface area contributed by atoms with Crippen LogP contribution in [0.4, 0.5) is 0 Å². The highest BCUT2D eigenvalue weighted by molar-refractivity contribution is 7.89. The lowest BCUT2D eigenvalue weighted by Gasteiger charge is -2.35. The van der Waals surface area contributed by atoms with Gasteiger partial charge in [0.1, 0.15) is 5.56 Å². The molecule has 1 atom stereocenters. The third kappa shape index (κ3) is 4.07. The van der Waals surface area contributed by atoms with E-state index in [-0.39, 0.29) is 29.3 Å². The first kappa shape index (κ1) is 22.8. The molecule has 1 heterocycles. The number of benzene rings is 3. The fourth-order valence-electron chi connectivity index (χ4n) is 4.34. The van der Waals surface area contributed by atoms with Gasteiger partial charge in [0, 0.05) is 19.0 Å². The predicted molar refractivity (Wildman–Crippen MR) is 124 cm³/mol. The van der Waals surface area contributed by atoms with Gasteiger partial charge in [-0.25, -0.2) is 13.2 Å². The molecule has 1 unspecified atom stereocenters. The Morgan fingerprint density at radius 2 is 1.67 bits per heavy atom. The van der Waals surface area contributed by atoms with Crippen molar-refractivity contribution in [2.45, 2.75) is 24.3 Å². The van der Waals surface area contributed by atoms with Gasteiger partial charge in [-0.1, -0.05) is 48.0 Å². The molecule has 1 aliphatic rings.